The molecule has 1 amide bonds. The summed E-state index contributed by atoms with van der Waals surface area (Å²) in [5, 5.41) is 2.62. The van der Waals surface area contributed by atoms with Crippen molar-refractivity contribution in [3.8, 4) is 0 Å². The summed E-state index contributed by atoms with van der Waals surface area (Å²) in [5.74, 6) is -0.668. The fourth-order valence-corrected chi connectivity index (χ4v) is 4.28. The number of carbonyl (C=O) groups is 2. The second-order valence-electron chi connectivity index (χ2n) is 7.24. The smallest absolute Gasteiger partial charge is 0.407 e. The lowest BCUT2D eigenvalue weighted by atomic mass is 10.1. The van der Waals surface area contributed by atoms with Crippen LogP contribution in [0.2, 0.25) is 0 Å². The second-order valence-corrected chi connectivity index (χ2v) is 9.24. The third-order valence-corrected chi connectivity index (χ3v) is 5.47. The average Bonchev–Trinajstić information content (AvgIpc) is 2.74. The lowest BCUT2D eigenvalue weighted by Crippen LogP contribution is -2.32. The fourth-order valence-electron chi connectivity index (χ4n) is 2.63. The van der Waals surface area contributed by atoms with Crippen LogP contribution in [0.1, 0.15) is 57.8 Å². The predicted octanol–water partition coefficient (Wildman–Crippen LogP) is 2.88. The standard InChI is InChI=1S/C18H25NO6S/c1-5-6-16(20)24-14-11-26(22,23)15-8-7-12(9-13(14)15)10-19-17(21)25-18(2,3)4/h7-9,14H,5-6,10-11H2,1-4H3,(H,19,21). The first kappa shape index (κ1) is 20.2. The van der Waals surface area contributed by atoms with Gasteiger partial charge in [-0.25, -0.2) is 13.2 Å². The van der Waals surface area contributed by atoms with Gasteiger partial charge in [-0.05, 0) is 44.9 Å². The summed E-state index contributed by atoms with van der Waals surface area (Å²) in [6.45, 7) is 7.32. The summed E-state index contributed by atoms with van der Waals surface area (Å²) < 4.78 is 35.0. The van der Waals surface area contributed by atoms with Gasteiger partial charge in [0.25, 0.3) is 0 Å². The van der Waals surface area contributed by atoms with Crippen LogP contribution in [0, 0.1) is 0 Å². The van der Waals surface area contributed by atoms with Crippen LogP contribution in [0.5, 0.6) is 0 Å². The van der Waals surface area contributed by atoms with E-state index >= 15 is 0 Å². The van der Waals surface area contributed by atoms with Crippen molar-refractivity contribution in [2.75, 3.05) is 5.75 Å². The topological polar surface area (TPSA) is 98.8 Å². The Morgan fingerprint density at radius 3 is 2.58 bits per heavy atom. The Morgan fingerprint density at radius 2 is 1.96 bits per heavy atom. The molecule has 1 N–H and O–H groups in total. The first-order valence-electron chi connectivity index (χ1n) is 8.54. The van der Waals surface area contributed by atoms with Gasteiger partial charge in [0.05, 0.1) is 10.6 Å². The fraction of sp³-hybridized carbons (Fsp3) is 0.556. The number of benzene rings is 1. The molecule has 1 atom stereocenters. The van der Waals surface area contributed by atoms with E-state index in [4.69, 9.17) is 9.47 Å². The van der Waals surface area contributed by atoms with Crippen LogP contribution in [0.25, 0.3) is 0 Å². The molecule has 144 valence electrons. The van der Waals surface area contributed by atoms with Crippen LogP contribution in [0.15, 0.2) is 23.1 Å². The van der Waals surface area contributed by atoms with E-state index in [1.165, 1.54) is 6.07 Å². The Hall–Kier alpha value is -2.09. The van der Waals surface area contributed by atoms with Crippen molar-refractivity contribution >= 4 is 21.9 Å². The molecule has 1 aromatic carbocycles. The Bertz CT molecular complexity index is 794. The summed E-state index contributed by atoms with van der Waals surface area (Å²) in [7, 11) is -3.48. The molecule has 2 rings (SSSR count). The molecule has 8 heteroatoms. The van der Waals surface area contributed by atoms with Crippen LogP contribution in [0.3, 0.4) is 0 Å². The zero-order valence-corrected chi connectivity index (χ0v) is 16.3. The Labute approximate surface area is 154 Å². The molecule has 1 aromatic rings. The summed E-state index contributed by atoms with van der Waals surface area (Å²) in [4.78, 5) is 23.7. The van der Waals surface area contributed by atoms with Crippen molar-refractivity contribution in [3.63, 3.8) is 0 Å². The number of carbonyl (C=O) groups excluding carboxylic acids is 2. The molecule has 0 radical (unpaired) electrons. The highest BCUT2D eigenvalue weighted by molar-refractivity contribution is 7.91. The number of amides is 1. The maximum absolute atomic E-state index is 12.3. The van der Waals surface area contributed by atoms with Crippen LogP contribution in [-0.4, -0.2) is 31.8 Å². The zero-order chi connectivity index (χ0) is 19.5. The monoisotopic (exact) mass is 383 g/mol. The van der Waals surface area contributed by atoms with E-state index in [0.717, 1.165) is 0 Å². The van der Waals surface area contributed by atoms with Gasteiger partial charge in [0.1, 0.15) is 11.7 Å². The van der Waals surface area contributed by atoms with Crippen LogP contribution >= 0.6 is 0 Å². The van der Waals surface area contributed by atoms with E-state index < -0.39 is 33.6 Å². The van der Waals surface area contributed by atoms with Crippen LogP contribution < -0.4 is 5.32 Å². The molecule has 0 fully saturated rings. The summed E-state index contributed by atoms with van der Waals surface area (Å²) >= 11 is 0. The molecule has 1 aliphatic heterocycles. The number of alkyl carbamates (subject to hydrolysis) is 1. The number of ether oxygens (including phenoxy) is 2. The quantitative estimate of drug-likeness (QED) is 0.785. The van der Waals surface area contributed by atoms with Crippen LogP contribution in [-0.2, 0) is 30.7 Å². The minimum absolute atomic E-state index is 0.174. The summed E-state index contributed by atoms with van der Waals surface area (Å²) in [6.07, 6.45) is -0.497. The number of nitrogens with one attached hydrogen (secondary N) is 1. The minimum atomic E-state index is -3.48. The van der Waals surface area contributed by atoms with E-state index in [-0.39, 0.29) is 23.6 Å². The molecule has 0 aromatic heterocycles. The van der Waals surface area contributed by atoms with Crippen molar-refractivity contribution in [1.82, 2.24) is 5.32 Å². The molecule has 0 bridgehead atoms. The van der Waals surface area contributed by atoms with Gasteiger partial charge in [0, 0.05) is 18.5 Å². The molecule has 0 spiro atoms. The normalized spacial score (nSPS) is 18.1. The molecule has 1 heterocycles. The molecule has 0 saturated carbocycles. The van der Waals surface area contributed by atoms with Crippen molar-refractivity contribution in [2.24, 2.45) is 0 Å². The number of fused-ring (bicyclic) bond motifs is 1. The Morgan fingerprint density at radius 1 is 1.27 bits per heavy atom. The molecule has 26 heavy (non-hydrogen) atoms. The van der Waals surface area contributed by atoms with E-state index in [1.54, 1.807) is 32.9 Å². The lowest BCUT2D eigenvalue weighted by Gasteiger charge is -2.19. The molecule has 7 nitrogen and oxygen atoms in total. The van der Waals surface area contributed by atoms with Gasteiger partial charge in [-0.3, -0.25) is 4.79 Å². The SMILES string of the molecule is CCCC(=O)OC1CS(=O)(=O)c2ccc(CNC(=O)OC(C)(C)C)cc21. The van der Waals surface area contributed by atoms with E-state index in [0.29, 0.717) is 17.5 Å². The highest BCUT2D eigenvalue weighted by Crippen LogP contribution is 2.36. The van der Waals surface area contributed by atoms with E-state index in [9.17, 15) is 18.0 Å². The van der Waals surface area contributed by atoms with Gasteiger partial charge in [-0.15, -0.1) is 0 Å². The highest BCUT2D eigenvalue weighted by atomic mass is 32.2. The molecule has 1 aliphatic rings. The predicted molar refractivity (Wildman–Crippen MR) is 95.3 cm³/mol. The molecular weight excluding hydrogens is 358 g/mol. The molecule has 1 unspecified atom stereocenters. The molecule has 0 saturated heterocycles. The molecular formula is C18H25NO6S. The van der Waals surface area contributed by atoms with Gasteiger partial charge < -0.3 is 14.8 Å². The van der Waals surface area contributed by atoms with Gasteiger partial charge in [-0.2, -0.15) is 0 Å². The largest absolute Gasteiger partial charge is 0.456 e. The number of esters is 1. The van der Waals surface area contributed by atoms with E-state index in [2.05, 4.69) is 5.32 Å². The minimum Gasteiger partial charge on any atom is -0.456 e. The first-order valence-corrected chi connectivity index (χ1v) is 10.2. The molecule has 0 aliphatic carbocycles. The van der Waals surface area contributed by atoms with E-state index in [1.807, 2.05) is 6.92 Å². The van der Waals surface area contributed by atoms with Crippen molar-refractivity contribution in [1.29, 1.82) is 0 Å². The van der Waals surface area contributed by atoms with Crippen LogP contribution in [0.4, 0.5) is 4.79 Å². The van der Waals surface area contributed by atoms with Gasteiger partial charge >= 0.3 is 12.1 Å². The van der Waals surface area contributed by atoms with Crippen molar-refractivity contribution in [2.45, 2.75) is 63.7 Å². The van der Waals surface area contributed by atoms with Crippen molar-refractivity contribution < 1.29 is 27.5 Å². The maximum Gasteiger partial charge on any atom is 0.407 e. The summed E-state index contributed by atoms with van der Waals surface area (Å²) in [5.41, 5.74) is 0.551. The zero-order valence-electron chi connectivity index (χ0n) is 15.5. The third-order valence-electron chi connectivity index (χ3n) is 3.69. The number of rotatable bonds is 5. The summed E-state index contributed by atoms with van der Waals surface area (Å²) in [6, 6.07) is 4.77. The van der Waals surface area contributed by atoms with Gasteiger partial charge in [-0.1, -0.05) is 13.0 Å². The second kappa shape index (κ2) is 7.65. The third kappa shape index (κ3) is 5.20. The lowest BCUT2D eigenvalue weighted by molar-refractivity contribution is -0.148. The average molecular weight is 383 g/mol. The van der Waals surface area contributed by atoms with Gasteiger partial charge in [0.2, 0.25) is 0 Å². The number of hydrogen-bond donors (Lipinski definition) is 1. The number of sulfone groups is 1. The number of hydrogen-bond acceptors (Lipinski definition) is 6. The first-order chi connectivity index (χ1) is 12.0. The van der Waals surface area contributed by atoms with Gasteiger partial charge in [0.15, 0.2) is 9.84 Å². The van der Waals surface area contributed by atoms with Crippen molar-refractivity contribution in [3.05, 3.63) is 29.3 Å². The Kier molecular flexibility index (Phi) is 5.95. The maximum atomic E-state index is 12.3. The highest BCUT2D eigenvalue weighted by Gasteiger charge is 2.37. The Balaban J connectivity index is 2.14.